The molecule has 13 nitrogen and oxygen atoms in total. The number of urea groups is 1. The van der Waals surface area contributed by atoms with Crippen LogP contribution in [0.2, 0.25) is 0 Å². The third kappa shape index (κ3) is 11.5. The zero-order valence-corrected chi connectivity index (χ0v) is 33.8. The quantitative estimate of drug-likeness (QED) is 0.0657. The number of rotatable bonds is 19. The van der Waals surface area contributed by atoms with E-state index in [2.05, 4.69) is 22.4 Å². The summed E-state index contributed by atoms with van der Waals surface area (Å²) in [6.07, 6.45) is 3.20. The second-order valence-corrected chi connectivity index (χ2v) is 15.9. The summed E-state index contributed by atoms with van der Waals surface area (Å²) in [4.78, 5) is 34.4. The first-order chi connectivity index (χ1) is 28.5. The zero-order chi connectivity index (χ0) is 41.9. The maximum absolute atomic E-state index is 15.3. The molecule has 2 aliphatic heterocycles. The number of alkyl halides is 1. The average molecular weight is 838 g/mol. The normalized spacial score (nSPS) is 18.0. The summed E-state index contributed by atoms with van der Waals surface area (Å²) in [7, 11) is 0. The van der Waals surface area contributed by atoms with Crippen molar-refractivity contribution in [3.05, 3.63) is 83.8 Å². The molecule has 2 aromatic carbocycles. The standard InChI is InChI=1S/C41H51BF3N7O6S/c1-26(20-47-36(53)12-16-58-17-13-51-37(54)19-35(40(51)55)59-42-2)48-41(56)52(24-29-21-46-22-33(29)45)38(28-10-14-57-15-11-28)39-49-34(31-18-30(43)8-9-32(31)44)25-50(39)23-27-6-4-3-5-7-27/h3-9,18-19,25-26,28-29,33,38,46,54-55H,2,10-17,20-24H2,1H3,(H,47,53)(H,48,56). The van der Waals surface area contributed by atoms with E-state index in [1.54, 1.807) is 18.0 Å². The molecule has 2 aromatic heterocycles. The van der Waals surface area contributed by atoms with Gasteiger partial charge in [-0.25, -0.2) is 22.9 Å². The van der Waals surface area contributed by atoms with Gasteiger partial charge in [0.05, 0.1) is 11.7 Å². The molecule has 3 amide bonds. The predicted octanol–water partition coefficient (Wildman–Crippen LogP) is 4.88. The minimum atomic E-state index is -1.20. The minimum absolute atomic E-state index is 0.0186. The van der Waals surface area contributed by atoms with E-state index in [4.69, 9.17) is 14.5 Å². The van der Waals surface area contributed by atoms with Gasteiger partial charge in [-0.3, -0.25) is 0 Å². The summed E-state index contributed by atoms with van der Waals surface area (Å²) in [6, 6.07) is 12.5. The molecule has 0 spiro atoms. The molecule has 316 valence electrons. The molecule has 2 fully saturated rings. The predicted molar refractivity (Wildman–Crippen MR) is 220 cm³/mol. The summed E-state index contributed by atoms with van der Waals surface area (Å²) in [5.41, 5.74) is 1.11. The Morgan fingerprint density at radius 1 is 1.14 bits per heavy atom. The first kappa shape index (κ1) is 43.8. The van der Waals surface area contributed by atoms with Gasteiger partial charge in [0.1, 0.15) is 23.6 Å². The van der Waals surface area contributed by atoms with E-state index in [1.165, 1.54) is 28.4 Å². The molecule has 0 radical (unpaired) electrons. The number of halogens is 3. The number of imidazole rings is 1. The van der Waals surface area contributed by atoms with Crippen LogP contribution in [0.1, 0.15) is 43.6 Å². The molecule has 4 atom stereocenters. The van der Waals surface area contributed by atoms with E-state index >= 15 is 8.78 Å². The number of ether oxygens (including phenoxy) is 2. The molecular formula is C41H51BF3N7O6S. The van der Waals surface area contributed by atoms with E-state index in [-0.39, 0.29) is 80.7 Å². The van der Waals surface area contributed by atoms with Crippen molar-refractivity contribution in [2.45, 2.75) is 62.4 Å². The number of aromatic hydroxyl groups is 2. The third-order valence-corrected chi connectivity index (χ3v) is 11.3. The number of aromatic nitrogens is 3. The topological polar surface area (TPSA) is 155 Å². The number of hydrogen-bond donors (Lipinski definition) is 5. The number of amides is 3. The third-order valence-electron chi connectivity index (χ3n) is 10.6. The number of carbonyl (C=O) groups excluding carboxylic acids is 2. The molecular weight excluding hydrogens is 786 g/mol. The van der Waals surface area contributed by atoms with Gasteiger partial charge in [0.15, 0.2) is 0 Å². The van der Waals surface area contributed by atoms with Crippen molar-refractivity contribution in [1.82, 2.24) is 35.0 Å². The molecule has 0 saturated carbocycles. The molecule has 0 aliphatic carbocycles. The van der Waals surface area contributed by atoms with E-state index < -0.39 is 41.8 Å². The molecule has 18 heteroatoms. The van der Waals surface area contributed by atoms with E-state index in [9.17, 15) is 24.2 Å². The van der Waals surface area contributed by atoms with Gasteiger partial charge in [0.25, 0.3) is 0 Å². The molecule has 5 N–H and O–H groups in total. The van der Waals surface area contributed by atoms with Crippen LogP contribution in [0.25, 0.3) is 11.3 Å². The summed E-state index contributed by atoms with van der Waals surface area (Å²) < 4.78 is 59.6. The van der Waals surface area contributed by atoms with Crippen LogP contribution in [0.5, 0.6) is 11.8 Å². The van der Waals surface area contributed by atoms with Crippen molar-refractivity contribution < 1.29 is 42.4 Å². The number of hydrogen-bond acceptors (Lipinski definition) is 9. The van der Waals surface area contributed by atoms with Crippen molar-refractivity contribution in [2.75, 3.05) is 52.6 Å². The van der Waals surface area contributed by atoms with Gasteiger partial charge >= 0.3 is 121 Å². The Bertz CT molecular complexity index is 2040. The number of carbonyl (C=O) groups is 2. The van der Waals surface area contributed by atoms with Gasteiger partial charge in [-0.15, -0.1) is 0 Å². The van der Waals surface area contributed by atoms with Gasteiger partial charge in [0.2, 0.25) is 0 Å². The SMILES string of the molecule is C=BSc1cc(O)n(CCOCCC(=O)NCC(C)NC(=O)N(CC2CNCC2F)C(c2nc(-c3cc(F)ccc3F)cn2Cc2ccccc2)C2CCOCC2)c1O. The number of nitrogens with zero attached hydrogens (tertiary/aromatic N) is 4. The van der Waals surface area contributed by atoms with E-state index in [0.29, 0.717) is 49.9 Å². The summed E-state index contributed by atoms with van der Waals surface area (Å²) in [6.45, 7) is 7.62. The average Bonchev–Trinajstić information content (AvgIpc) is 3.91. The van der Waals surface area contributed by atoms with Crippen molar-refractivity contribution in [1.29, 1.82) is 0 Å². The van der Waals surface area contributed by atoms with Gasteiger partial charge in [0, 0.05) is 63.1 Å². The fourth-order valence-corrected chi connectivity index (χ4v) is 8.08. The molecule has 2 aliphatic rings. The van der Waals surface area contributed by atoms with Gasteiger partial charge < -0.3 is 24.8 Å². The summed E-state index contributed by atoms with van der Waals surface area (Å²) >= 11 is 1.17. The molecule has 0 bridgehead atoms. The van der Waals surface area contributed by atoms with Crippen LogP contribution < -0.4 is 16.0 Å². The van der Waals surface area contributed by atoms with Crippen molar-refractivity contribution in [2.24, 2.45) is 11.8 Å². The zero-order valence-electron chi connectivity index (χ0n) is 33.0. The Kier molecular flexibility index (Phi) is 15.6. The fraction of sp³-hybridized carbons (Fsp3) is 0.463. The second kappa shape index (κ2) is 21.0. The van der Waals surface area contributed by atoms with Gasteiger partial charge in [-0.05, 0) is 49.4 Å². The Hall–Kier alpha value is -4.78. The van der Waals surface area contributed by atoms with E-state index in [0.717, 1.165) is 23.8 Å². The fourth-order valence-electron chi connectivity index (χ4n) is 7.51. The number of benzene rings is 2. The monoisotopic (exact) mass is 837 g/mol. The van der Waals surface area contributed by atoms with Crippen LogP contribution in [-0.2, 0) is 27.4 Å². The van der Waals surface area contributed by atoms with Crippen molar-refractivity contribution in [3.8, 4) is 23.0 Å². The molecule has 4 unspecified atom stereocenters. The van der Waals surface area contributed by atoms with Crippen LogP contribution in [0, 0.1) is 23.5 Å². The summed E-state index contributed by atoms with van der Waals surface area (Å²) in [5, 5.41) is 29.3. The van der Waals surface area contributed by atoms with Crippen LogP contribution in [0.4, 0.5) is 18.0 Å². The first-order valence-corrected chi connectivity index (χ1v) is 20.7. The summed E-state index contributed by atoms with van der Waals surface area (Å²) in [5.74, 6) is -2.03. The maximum atomic E-state index is 15.3. The number of nitrogens with one attached hydrogen (secondary N) is 3. The van der Waals surface area contributed by atoms with Crippen LogP contribution >= 0.6 is 11.6 Å². The van der Waals surface area contributed by atoms with Crippen molar-refractivity contribution >= 4 is 36.2 Å². The molecule has 2 saturated heterocycles. The Balaban J connectivity index is 1.18. The van der Waals surface area contributed by atoms with E-state index in [1.807, 2.05) is 34.9 Å². The van der Waals surface area contributed by atoms with Crippen LogP contribution in [-0.4, -0.2) is 119 Å². The molecule has 6 rings (SSSR count). The second-order valence-electron chi connectivity index (χ2n) is 14.8. The molecule has 59 heavy (non-hydrogen) atoms. The Morgan fingerprint density at radius 2 is 1.92 bits per heavy atom. The molecule has 4 aromatic rings. The van der Waals surface area contributed by atoms with Gasteiger partial charge in [-0.1, -0.05) is 30.3 Å². The van der Waals surface area contributed by atoms with Gasteiger partial charge in [-0.2, -0.15) is 0 Å². The molecule has 4 heterocycles. The van der Waals surface area contributed by atoms with Crippen LogP contribution in [0.3, 0.4) is 0 Å². The first-order valence-electron chi connectivity index (χ1n) is 19.8. The Morgan fingerprint density at radius 3 is 2.64 bits per heavy atom. The van der Waals surface area contributed by atoms with Crippen molar-refractivity contribution in [3.63, 3.8) is 0 Å². The van der Waals surface area contributed by atoms with Crippen LogP contribution in [0.15, 0.2) is 65.7 Å². The Labute approximate surface area is 346 Å².